The van der Waals surface area contributed by atoms with Crippen molar-refractivity contribution >= 4 is 11.7 Å². The van der Waals surface area contributed by atoms with Gasteiger partial charge in [0.25, 0.3) is 0 Å². The second-order valence-corrected chi connectivity index (χ2v) is 6.96. The first-order chi connectivity index (χ1) is 9.32. The van der Waals surface area contributed by atoms with E-state index in [0.29, 0.717) is 18.2 Å². The summed E-state index contributed by atoms with van der Waals surface area (Å²) in [6.07, 6.45) is 0.827. The summed E-state index contributed by atoms with van der Waals surface area (Å²) < 4.78 is 5.68. The van der Waals surface area contributed by atoms with Crippen LogP contribution in [0.5, 0.6) is 0 Å². The third-order valence-electron chi connectivity index (χ3n) is 4.23. The zero-order valence-electron chi connectivity index (χ0n) is 12.3. The summed E-state index contributed by atoms with van der Waals surface area (Å²) >= 11 is 0. The molecule has 0 aromatic heterocycles. The zero-order valence-corrected chi connectivity index (χ0v) is 12.3. The molecule has 4 nitrogen and oxygen atoms in total. The molecule has 1 saturated heterocycles. The van der Waals surface area contributed by atoms with Gasteiger partial charge in [-0.15, -0.1) is 0 Å². The van der Waals surface area contributed by atoms with Crippen molar-refractivity contribution in [1.82, 2.24) is 5.32 Å². The summed E-state index contributed by atoms with van der Waals surface area (Å²) in [7, 11) is 0. The highest BCUT2D eigenvalue weighted by atomic mass is 16.6. The fourth-order valence-corrected chi connectivity index (χ4v) is 3.44. The van der Waals surface area contributed by atoms with E-state index in [-0.39, 0.29) is 5.97 Å². The summed E-state index contributed by atoms with van der Waals surface area (Å²) in [5.74, 6) is 0.249. The summed E-state index contributed by atoms with van der Waals surface area (Å²) in [5.41, 5.74) is 7.90. The summed E-state index contributed by atoms with van der Waals surface area (Å²) in [6, 6.07) is 5.93. The van der Waals surface area contributed by atoms with Gasteiger partial charge in [-0.1, -0.05) is 6.07 Å². The van der Waals surface area contributed by atoms with Crippen LogP contribution in [-0.2, 0) is 14.9 Å². The fraction of sp³-hybridized carbons (Fsp3) is 0.562. The van der Waals surface area contributed by atoms with Gasteiger partial charge < -0.3 is 15.8 Å². The van der Waals surface area contributed by atoms with Crippen LogP contribution in [0.25, 0.3) is 0 Å². The van der Waals surface area contributed by atoms with Gasteiger partial charge in [-0.05, 0) is 56.4 Å². The Morgan fingerprint density at radius 1 is 1.45 bits per heavy atom. The molecule has 1 aliphatic carbocycles. The number of anilines is 1. The molecule has 108 valence electrons. The lowest BCUT2D eigenvalue weighted by molar-refractivity contribution is -0.162. The quantitative estimate of drug-likeness (QED) is 0.607. The zero-order chi connectivity index (χ0) is 14.5. The van der Waals surface area contributed by atoms with Crippen LogP contribution in [0, 0.1) is 0 Å². The summed E-state index contributed by atoms with van der Waals surface area (Å²) in [6.45, 7) is 7.27. The molecular formula is C16H22N2O2. The maximum atomic E-state index is 12.8. The molecule has 3 N–H and O–H groups in total. The maximum absolute atomic E-state index is 12.8. The highest BCUT2D eigenvalue weighted by Crippen LogP contribution is 2.49. The molecule has 0 saturated carbocycles. The molecular weight excluding hydrogens is 252 g/mol. The lowest BCUT2D eigenvalue weighted by atomic mass is 9.79. The first kappa shape index (κ1) is 13.4. The van der Waals surface area contributed by atoms with Crippen molar-refractivity contribution in [3.8, 4) is 0 Å². The molecule has 20 heavy (non-hydrogen) atoms. The molecule has 1 aliphatic heterocycles. The number of hydrogen-bond donors (Lipinski definition) is 2. The number of fused-ring (bicyclic) bond motifs is 5. The summed E-state index contributed by atoms with van der Waals surface area (Å²) in [4.78, 5) is 12.8. The van der Waals surface area contributed by atoms with Gasteiger partial charge in [-0.25, -0.2) is 0 Å². The van der Waals surface area contributed by atoms with E-state index < -0.39 is 11.0 Å². The SMILES string of the molecule is CC(C)(C)OC(=O)C12CNCC(C1)c1ccc(N)cc12. The highest BCUT2D eigenvalue weighted by Gasteiger charge is 2.53. The number of benzene rings is 1. The predicted octanol–water partition coefficient (Wildman–Crippen LogP) is 1.94. The van der Waals surface area contributed by atoms with Gasteiger partial charge >= 0.3 is 5.97 Å². The van der Waals surface area contributed by atoms with Crippen LogP contribution in [-0.4, -0.2) is 24.7 Å². The molecule has 3 rings (SSSR count). The molecule has 4 heteroatoms. The number of rotatable bonds is 1. The lowest BCUT2D eigenvalue weighted by Crippen LogP contribution is -2.49. The second kappa shape index (κ2) is 4.22. The highest BCUT2D eigenvalue weighted by molar-refractivity contribution is 5.87. The van der Waals surface area contributed by atoms with Gasteiger partial charge in [-0.2, -0.15) is 0 Å². The minimum absolute atomic E-state index is 0.133. The number of carbonyl (C=O) groups is 1. The molecule has 2 atom stereocenters. The number of esters is 1. The van der Waals surface area contributed by atoms with Gasteiger partial charge in [0.15, 0.2) is 0 Å². The Labute approximate surface area is 119 Å². The second-order valence-electron chi connectivity index (χ2n) is 6.96. The van der Waals surface area contributed by atoms with E-state index in [4.69, 9.17) is 10.5 Å². The van der Waals surface area contributed by atoms with Crippen LogP contribution in [0.15, 0.2) is 18.2 Å². The van der Waals surface area contributed by atoms with E-state index in [1.165, 1.54) is 5.56 Å². The van der Waals surface area contributed by atoms with E-state index >= 15 is 0 Å². The number of piperidine rings is 1. The minimum Gasteiger partial charge on any atom is -0.459 e. The molecule has 0 radical (unpaired) electrons. The van der Waals surface area contributed by atoms with E-state index in [1.54, 1.807) is 0 Å². The smallest absolute Gasteiger partial charge is 0.318 e. The van der Waals surface area contributed by atoms with Crippen molar-refractivity contribution in [3.63, 3.8) is 0 Å². The number of ether oxygens (including phenoxy) is 1. The Bertz CT molecular complexity index is 562. The van der Waals surface area contributed by atoms with Crippen LogP contribution in [0.2, 0.25) is 0 Å². The lowest BCUT2D eigenvalue weighted by Gasteiger charge is -2.35. The van der Waals surface area contributed by atoms with Gasteiger partial charge in [0, 0.05) is 18.8 Å². The topological polar surface area (TPSA) is 64.3 Å². The van der Waals surface area contributed by atoms with E-state index in [2.05, 4.69) is 11.4 Å². The molecule has 2 aliphatic rings. The standard InChI is InChI=1S/C16H22N2O2/c1-15(2,3)20-14(19)16-7-10(8-18-9-16)12-5-4-11(17)6-13(12)16/h4-6,10,18H,7-9,17H2,1-3H3. The molecule has 0 spiro atoms. The number of nitrogens with one attached hydrogen (secondary N) is 1. The van der Waals surface area contributed by atoms with Crippen LogP contribution in [0.1, 0.15) is 44.2 Å². The normalized spacial score (nSPS) is 28.1. The van der Waals surface area contributed by atoms with Gasteiger partial charge in [-0.3, -0.25) is 4.79 Å². The number of nitrogen functional groups attached to an aromatic ring is 1. The van der Waals surface area contributed by atoms with Gasteiger partial charge in [0.05, 0.1) is 0 Å². The van der Waals surface area contributed by atoms with Crippen LogP contribution >= 0.6 is 0 Å². The Balaban J connectivity index is 2.05. The largest absolute Gasteiger partial charge is 0.459 e. The molecule has 1 aromatic carbocycles. The Hall–Kier alpha value is -1.55. The predicted molar refractivity (Wildman–Crippen MR) is 78.6 cm³/mol. The maximum Gasteiger partial charge on any atom is 0.318 e. The molecule has 2 bridgehead atoms. The Kier molecular flexibility index (Phi) is 2.83. The first-order valence-corrected chi connectivity index (χ1v) is 7.16. The molecule has 1 heterocycles. The first-order valence-electron chi connectivity index (χ1n) is 7.16. The molecule has 2 unspecified atom stereocenters. The van der Waals surface area contributed by atoms with Crippen LogP contribution in [0.4, 0.5) is 5.69 Å². The average molecular weight is 274 g/mol. The van der Waals surface area contributed by atoms with Crippen molar-refractivity contribution in [3.05, 3.63) is 29.3 Å². The van der Waals surface area contributed by atoms with E-state index in [1.807, 2.05) is 32.9 Å². The van der Waals surface area contributed by atoms with E-state index in [0.717, 1.165) is 18.5 Å². The fourth-order valence-electron chi connectivity index (χ4n) is 3.44. The summed E-state index contributed by atoms with van der Waals surface area (Å²) in [5, 5.41) is 3.38. The van der Waals surface area contributed by atoms with Crippen LogP contribution in [0.3, 0.4) is 0 Å². The third-order valence-corrected chi connectivity index (χ3v) is 4.23. The Morgan fingerprint density at radius 2 is 2.20 bits per heavy atom. The number of carbonyl (C=O) groups excluding carboxylic acids is 1. The molecule has 0 amide bonds. The number of hydrogen-bond acceptors (Lipinski definition) is 4. The van der Waals surface area contributed by atoms with Gasteiger partial charge in [0.1, 0.15) is 11.0 Å². The van der Waals surface area contributed by atoms with Crippen molar-refractivity contribution in [2.45, 2.75) is 44.1 Å². The van der Waals surface area contributed by atoms with Crippen molar-refractivity contribution < 1.29 is 9.53 Å². The van der Waals surface area contributed by atoms with Crippen LogP contribution < -0.4 is 11.1 Å². The third kappa shape index (κ3) is 1.99. The average Bonchev–Trinajstić information content (AvgIpc) is 2.57. The Morgan fingerprint density at radius 3 is 2.90 bits per heavy atom. The molecule has 1 aromatic rings. The monoisotopic (exact) mass is 274 g/mol. The van der Waals surface area contributed by atoms with Crippen molar-refractivity contribution in [1.29, 1.82) is 0 Å². The number of nitrogens with two attached hydrogens (primary N) is 1. The van der Waals surface area contributed by atoms with Gasteiger partial charge in [0.2, 0.25) is 0 Å². The van der Waals surface area contributed by atoms with E-state index in [9.17, 15) is 4.79 Å². The van der Waals surface area contributed by atoms with Crippen molar-refractivity contribution in [2.24, 2.45) is 0 Å². The van der Waals surface area contributed by atoms with Crippen molar-refractivity contribution in [2.75, 3.05) is 18.8 Å². The molecule has 1 fully saturated rings. The minimum atomic E-state index is -0.569.